The normalized spacial score (nSPS) is 23.9. The van der Waals surface area contributed by atoms with Crippen LogP contribution in [0.5, 0.6) is 0 Å². The number of benzene rings is 1. The van der Waals surface area contributed by atoms with Crippen molar-refractivity contribution in [2.24, 2.45) is 5.92 Å². The van der Waals surface area contributed by atoms with Gasteiger partial charge in [0.25, 0.3) is 0 Å². The van der Waals surface area contributed by atoms with Gasteiger partial charge < -0.3 is 10.2 Å². The minimum absolute atomic E-state index is 0.00669. The second-order valence-electron chi connectivity index (χ2n) is 7.99. The number of amides is 2. The van der Waals surface area contributed by atoms with Gasteiger partial charge >= 0.3 is 0 Å². The third-order valence-corrected chi connectivity index (χ3v) is 5.83. The van der Waals surface area contributed by atoms with E-state index in [9.17, 15) is 14.0 Å². The summed E-state index contributed by atoms with van der Waals surface area (Å²) >= 11 is 0. The zero-order valence-corrected chi connectivity index (χ0v) is 16.9. The van der Waals surface area contributed by atoms with Gasteiger partial charge in [-0.25, -0.2) is 15.2 Å². The van der Waals surface area contributed by atoms with Crippen LogP contribution >= 0.6 is 0 Å². The van der Waals surface area contributed by atoms with Gasteiger partial charge in [0.1, 0.15) is 11.9 Å². The number of anilines is 1. The Morgan fingerprint density at radius 2 is 2.13 bits per heavy atom. The molecule has 3 unspecified atom stereocenters. The number of hydrogen-bond acceptors (Lipinski definition) is 5. The first kappa shape index (κ1) is 20.4. The van der Waals surface area contributed by atoms with Crippen LogP contribution < -0.4 is 16.2 Å². The molecule has 8 heteroatoms. The average molecular weight is 411 g/mol. The molecule has 2 fully saturated rings. The summed E-state index contributed by atoms with van der Waals surface area (Å²) in [6.45, 7) is 2.68. The van der Waals surface area contributed by atoms with E-state index in [1.165, 1.54) is 6.07 Å². The van der Waals surface area contributed by atoms with E-state index in [4.69, 9.17) is 0 Å². The predicted molar refractivity (Wildman–Crippen MR) is 111 cm³/mol. The number of likely N-dealkylation sites (tertiary alicyclic amines) is 1. The fourth-order valence-electron chi connectivity index (χ4n) is 4.05. The van der Waals surface area contributed by atoms with Gasteiger partial charge in [-0.3, -0.25) is 14.6 Å². The van der Waals surface area contributed by atoms with E-state index >= 15 is 0 Å². The molecule has 30 heavy (non-hydrogen) atoms. The molecule has 0 aliphatic carbocycles. The highest BCUT2D eigenvalue weighted by Crippen LogP contribution is 2.25. The van der Waals surface area contributed by atoms with Crippen molar-refractivity contribution in [2.45, 2.75) is 38.3 Å². The molecule has 2 aliphatic heterocycles. The highest BCUT2D eigenvalue weighted by Gasteiger charge is 2.36. The minimum atomic E-state index is -0.351. The molecule has 3 N–H and O–H groups in total. The molecule has 2 amide bonds. The Morgan fingerprint density at radius 1 is 1.27 bits per heavy atom. The summed E-state index contributed by atoms with van der Waals surface area (Å²) in [7, 11) is 0. The largest absolute Gasteiger partial charge is 0.341 e. The third kappa shape index (κ3) is 4.49. The topological polar surface area (TPSA) is 86.4 Å². The second kappa shape index (κ2) is 8.89. The highest BCUT2D eigenvalue weighted by molar-refractivity contribution is 5.93. The number of aryl methyl sites for hydroxylation is 1. The van der Waals surface area contributed by atoms with Crippen molar-refractivity contribution in [2.75, 3.05) is 18.4 Å². The fraction of sp³-hybridized carbons (Fsp3) is 0.409. The quantitative estimate of drug-likeness (QED) is 0.719. The maximum absolute atomic E-state index is 13.7. The summed E-state index contributed by atoms with van der Waals surface area (Å²) in [5.41, 5.74) is 8.25. The zero-order valence-electron chi connectivity index (χ0n) is 16.9. The van der Waals surface area contributed by atoms with Crippen LogP contribution in [-0.2, 0) is 9.59 Å². The predicted octanol–water partition coefficient (Wildman–Crippen LogP) is 2.31. The van der Waals surface area contributed by atoms with Crippen LogP contribution in [0.4, 0.5) is 10.1 Å². The number of carbonyl (C=O) groups is 2. The number of carbonyl (C=O) groups excluding carboxylic acids is 2. The van der Waals surface area contributed by atoms with Crippen molar-refractivity contribution in [1.29, 1.82) is 0 Å². The lowest BCUT2D eigenvalue weighted by atomic mass is 9.95. The minimum Gasteiger partial charge on any atom is -0.341 e. The van der Waals surface area contributed by atoms with Crippen LogP contribution in [0.25, 0.3) is 0 Å². The van der Waals surface area contributed by atoms with Gasteiger partial charge in [-0.1, -0.05) is 12.1 Å². The molecule has 2 aromatic rings. The molecule has 2 saturated heterocycles. The molecule has 0 radical (unpaired) electrons. The number of aromatic nitrogens is 1. The van der Waals surface area contributed by atoms with E-state index in [-0.39, 0.29) is 35.6 Å². The van der Waals surface area contributed by atoms with Gasteiger partial charge in [-0.05, 0) is 55.5 Å². The summed E-state index contributed by atoms with van der Waals surface area (Å²) in [5, 5.41) is 2.79. The van der Waals surface area contributed by atoms with E-state index in [0.29, 0.717) is 37.2 Å². The van der Waals surface area contributed by atoms with Crippen LogP contribution in [0.3, 0.4) is 0 Å². The number of rotatable bonds is 4. The number of nitrogens with zero attached hydrogens (tertiary/aromatic N) is 2. The van der Waals surface area contributed by atoms with Gasteiger partial charge in [0.05, 0.1) is 5.92 Å². The third-order valence-electron chi connectivity index (χ3n) is 5.83. The Hall–Kier alpha value is -2.84. The molecule has 0 saturated carbocycles. The summed E-state index contributed by atoms with van der Waals surface area (Å²) < 4.78 is 13.7. The summed E-state index contributed by atoms with van der Waals surface area (Å²) in [4.78, 5) is 31.6. The van der Waals surface area contributed by atoms with Crippen LogP contribution in [-0.4, -0.2) is 40.8 Å². The molecule has 3 atom stereocenters. The van der Waals surface area contributed by atoms with Gasteiger partial charge in [-0.15, -0.1) is 0 Å². The molecule has 2 aliphatic rings. The van der Waals surface area contributed by atoms with Gasteiger partial charge in [0.15, 0.2) is 0 Å². The standard InChI is InChI=1S/C22H26FN5O2/c1-14-6-7-17(10-18(14)23)25-21(29)16-5-3-9-28(13-16)22(30)20-11-19(26-27-20)15-4-2-8-24-12-15/h2,4,6-8,10,12,16,19-20,26-27H,3,5,9,11,13H2,1H3,(H,25,29). The lowest BCUT2D eigenvalue weighted by molar-refractivity contribution is -0.136. The van der Waals surface area contributed by atoms with Gasteiger partial charge in [0, 0.05) is 37.2 Å². The van der Waals surface area contributed by atoms with E-state index < -0.39 is 0 Å². The number of hydrazine groups is 1. The first-order valence-corrected chi connectivity index (χ1v) is 10.3. The van der Waals surface area contributed by atoms with Crippen molar-refractivity contribution in [3.8, 4) is 0 Å². The lowest BCUT2D eigenvalue weighted by Gasteiger charge is -2.33. The molecule has 4 rings (SSSR count). The molecule has 0 spiro atoms. The SMILES string of the molecule is Cc1ccc(NC(=O)C2CCCN(C(=O)C3CC(c4cccnc4)NN3)C2)cc1F. The smallest absolute Gasteiger partial charge is 0.241 e. The van der Waals surface area contributed by atoms with Crippen molar-refractivity contribution in [3.63, 3.8) is 0 Å². The Bertz CT molecular complexity index is 923. The van der Waals surface area contributed by atoms with Gasteiger partial charge in [0.2, 0.25) is 11.8 Å². The average Bonchev–Trinajstić information content (AvgIpc) is 3.27. The second-order valence-corrected chi connectivity index (χ2v) is 7.99. The van der Waals surface area contributed by atoms with E-state index in [1.807, 2.05) is 12.1 Å². The number of hydrogen-bond donors (Lipinski definition) is 3. The van der Waals surface area contributed by atoms with Crippen LogP contribution in [0, 0.1) is 18.7 Å². The van der Waals surface area contributed by atoms with Crippen LogP contribution in [0.1, 0.15) is 36.4 Å². The maximum atomic E-state index is 13.7. The Kier molecular flexibility index (Phi) is 6.06. The molecular weight excluding hydrogens is 385 g/mol. The number of halogens is 1. The highest BCUT2D eigenvalue weighted by atomic mass is 19.1. The number of piperidine rings is 1. The maximum Gasteiger partial charge on any atom is 0.241 e. The zero-order chi connectivity index (χ0) is 21.1. The number of pyridine rings is 1. The lowest BCUT2D eigenvalue weighted by Crippen LogP contribution is -2.50. The van der Waals surface area contributed by atoms with Crippen molar-refractivity contribution in [3.05, 3.63) is 59.7 Å². The van der Waals surface area contributed by atoms with Crippen LogP contribution in [0.15, 0.2) is 42.7 Å². The van der Waals surface area contributed by atoms with Crippen molar-refractivity contribution in [1.82, 2.24) is 20.7 Å². The first-order valence-electron chi connectivity index (χ1n) is 10.3. The monoisotopic (exact) mass is 411 g/mol. The Labute approximate surface area is 175 Å². The first-order chi connectivity index (χ1) is 14.5. The van der Waals surface area contributed by atoms with E-state index in [2.05, 4.69) is 21.2 Å². The van der Waals surface area contributed by atoms with Crippen LogP contribution in [0.2, 0.25) is 0 Å². The summed E-state index contributed by atoms with van der Waals surface area (Å²) in [5.74, 6) is -0.846. The van der Waals surface area contributed by atoms with Crippen molar-refractivity contribution >= 4 is 17.5 Å². The molecule has 7 nitrogen and oxygen atoms in total. The Morgan fingerprint density at radius 3 is 2.90 bits per heavy atom. The molecule has 158 valence electrons. The Balaban J connectivity index is 1.34. The molecule has 1 aromatic heterocycles. The number of nitrogens with one attached hydrogen (secondary N) is 3. The molecule has 3 heterocycles. The molecule has 1 aromatic carbocycles. The fourth-order valence-corrected chi connectivity index (χ4v) is 4.05. The van der Waals surface area contributed by atoms with E-state index in [1.54, 1.807) is 36.4 Å². The van der Waals surface area contributed by atoms with Gasteiger partial charge in [-0.2, -0.15) is 0 Å². The van der Waals surface area contributed by atoms with Crippen molar-refractivity contribution < 1.29 is 14.0 Å². The summed E-state index contributed by atoms with van der Waals surface area (Å²) in [6.07, 6.45) is 5.61. The summed E-state index contributed by atoms with van der Waals surface area (Å²) in [6, 6.07) is 8.18. The molecule has 0 bridgehead atoms. The molecular formula is C22H26FN5O2. The van der Waals surface area contributed by atoms with E-state index in [0.717, 1.165) is 12.0 Å².